The number of carbonyl (C=O) groups is 2. The van der Waals surface area contributed by atoms with E-state index < -0.39 is 12.1 Å². The lowest BCUT2D eigenvalue weighted by atomic mass is 10.0. The van der Waals surface area contributed by atoms with Crippen LogP contribution in [0.25, 0.3) is 0 Å². The maximum absolute atomic E-state index is 12.5. The van der Waals surface area contributed by atoms with Crippen molar-refractivity contribution in [1.29, 1.82) is 0 Å². The van der Waals surface area contributed by atoms with Gasteiger partial charge in [-0.2, -0.15) is 11.8 Å². The third-order valence-corrected chi connectivity index (χ3v) is 9.65. The number of nitrogens with two attached hydrogens (primary N) is 1. The Hall–Kier alpha value is -1.08. The Bertz CT molecular complexity index is 662. The maximum Gasteiger partial charge on any atom is 0.306 e. The maximum atomic E-state index is 12.5. The van der Waals surface area contributed by atoms with E-state index in [1.54, 1.807) is 6.29 Å². The molecule has 6 nitrogen and oxygen atoms in total. The Morgan fingerprint density at radius 1 is 0.556 bits per heavy atom. The molecular formula is C38H72NO5S. The largest absolute Gasteiger partial charge is 0.462 e. The van der Waals surface area contributed by atoms with Crippen LogP contribution in [0.15, 0.2) is 0 Å². The molecule has 0 aliphatic carbocycles. The summed E-state index contributed by atoms with van der Waals surface area (Å²) in [4.78, 5) is 35.6. The van der Waals surface area contributed by atoms with Crippen LogP contribution < -0.4 is 5.73 Å². The van der Waals surface area contributed by atoms with Crippen LogP contribution in [0, 0.1) is 0 Å². The van der Waals surface area contributed by atoms with Crippen LogP contribution in [0.3, 0.4) is 0 Å². The van der Waals surface area contributed by atoms with Crippen LogP contribution in [-0.2, 0) is 23.9 Å². The first-order chi connectivity index (χ1) is 22.0. The van der Waals surface area contributed by atoms with Crippen molar-refractivity contribution in [3.05, 3.63) is 0 Å². The molecule has 0 aromatic heterocycles. The minimum absolute atomic E-state index is 0.0503. The Kier molecular flexibility index (Phi) is 34.9. The third-order valence-electron chi connectivity index (χ3n) is 8.45. The molecule has 0 amide bonds. The smallest absolute Gasteiger partial charge is 0.306 e. The molecule has 7 heteroatoms. The van der Waals surface area contributed by atoms with Crippen molar-refractivity contribution in [2.45, 2.75) is 206 Å². The molecule has 0 aromatic rings. The molecule has 0 saturated carbocycles. The summed E-state index contributed by atoms with van der Waals surface area (Å²) in [5, 5.41) is 0. The molecule has 265 valence electrons. The molecule has 0 aliphatic heterocycles. The number of unbranched alkanes of at least 4 members (excludes halogenated alkanes) is 24. The minimum Gasteiger partial charge on any atom is -0.462 e. The lowest BCUT2D eigenvalue weighted by Crippen LogP contribution is -2.29. The highest BCUT2D eigenvalue weighted by Gasteiger charge is 2.18. The summed E-state index contributed by atoms with van der Waals surface area (Å²) < 4.78 is 11.1. The van der Waals surface area contributed by atoms with Crippen molar-refractivity contribution in [3.63, 3.8) is 0 Å². The van der Waals surface area contributed by atoms with Crippen molar-refractivity contribution in [2.24, 2.45) is 5.73 Å². The van der Waals surface area contributed by atoms with Gasteiger partial charge in [0.25, 0.3) is 0 Å². The Labute approximate surface area is 282 Å². The summed E-state index contributed by atoms with van der Waals surface area (Å²) in [5.74, 6) is 0.343. The predicted molar refractivity (Wildman–Crippen MR) is 192 cm³/mol. The number of rotatable bonds is 36. The molecule has 1 radical (unpaired) electrons. The van der Waals surface area contributed by atoms with Crippen LogP contribution in [0.1, 0.15) is 194 Å². The van der Waals surface area contributed by atoms with Crippen LogP contribution in [-0.4, -0.2) is 48.5 Å². The second kappa shape index (κ2) is 35.8. The monoisotopic (exact) mass is 655 g/mol. The first-order valence-electron chi connectivity index (χ1n) is 19.1. The molecule has 2 atom stereocenters. The van der Waals surface area contributed by atoms with E-state index in [-0.39, 0.29) is 18.5 Å². The van der Waals surface area contributed by atoms with E-state index in [1.165, 1.54) is 140 Å². The fourth-order valence-corrected chi connectivity index (χ4v) is 6.44. The highest BCUT2D eigenvalue weighted by Crippen LogP contribution is 2.16. The number of hydrogen-bond donors (Lipinski definition) is 1. The first-order valence-corrected chi connectivity index (χ1v) is 20.2. The molecule has 0 rings (SSSR count). The Balaban J connectivity index is 3.98. The quantitative estimate of drug-likeness (QED) is 0.0530. The molecule has 0 spiro atoms. The number of ether oxygens (including phenoxy) is 2. The van der Waals surface area contributed by atoms with Gasteiger partial charge in [-0.1, -0.05) is 168 Å². The van der Waals surface area contributed by atoms with E-state index in [9.17, 15) is 14.4 Å². The normalized spacial score (nSPS) is 12.6. The lowest BCUT2D eigenvalue weighted by molar-refractivity contribution is -0.157. The van der Waals surface area contributed by atoms with Gasteiger partial charge in [-0.05, 0) is 12.8 Å². The van der Waals surface area contributed by atoms with Gasteiger partial charge in [0.05, 0.1) is 6.04 Å². The van der Waals surface area contributed by atoms with E-state index >= 15 is 0 Å². The summed E-state index contributed by atoms with van der Waals surface area (Å²) in [6.07, 6.45) is 34.8. The van der Waals surface area contributed by atoms with Crippen molar-refractivity contribution < 1.29 is 23.9 Å². The van der Waals surface area contributed by atoms with Gasteiger partial charge in [0.2, 0.25) is 6.29 Å². The highest BCUT2D eigenvalue weighted by atomic mass is 32.2. The van der Waals surface area contributed by atoms with Gasteiger partial charge < -0.3 is 15.2 Å². The average Bonchev–Trinajstić information content (AvgIpc) is 3.04. The van der Waals surface area contributed by atoms with E-state index in [0.29, 0.717) is 24.3 Å². The van der Waals surface area contributed by atoms with Crippen molar-refractivity contribution in [2.75, 3.05) is 18.1 Å². The van der Waals surface area contributed by atoms with Crippen LogP contribution in [0.4, 0.5) is 0 Å². The standard InChI is InChI=1S/C38H72NO5S/c1-3-5-7-9-11-13-15-17-19-21-23-25-27-29-37(41)43-32-36(34-45-33-35(39)31-40)44-38(42)30-28-26-24-22-20-18-16-14-12-10-8-6-4-2/h35-36H,3-30,32-34,39H2,1-2H3/t35-,36+/m1/s1. The van der Waals surface area contributed by atoms with Gasteiger partial charge in [-0.3, -0.25) is 14.4 Å². The number of hydrogen-bond acceptors (Lipinski definition) is 7. The minimum atomic E-state index is -0.671. The van der Waals surface area contributed by atoms with E-state index in [0.717, 1.165) is 38.5 Å². The van der Waals surface area contributed by atoms with Crippen molar-refractivity contribution >= 4 is 30.0 Å². The second-order valence-corrected chi connectivity index (χ2v) is 14.1. The summed E-state index contributed by atoms with van der Waals surface area (Å²) >= 11 is 1.42. The molecule has 0 aromatic carbocycles. The molecule has 0 bridgehead atoms. The Morgan fingerprint density at radius 2 is 0.911 bits per heavy atom. The fourth-order valence-electron chi connectivity index (χ4n) is 5.55. The highest BCUT2D eigenvalue weighted by molar-refractivity contribution is 7.99. The summed E-state index contributed by atoms with van der Waals surface area (Å²) in [5.41, 5.74) is 5.65. The second-order valence-electron chi connectivity index (χ2n) is 13.0. The first kappa shape index (κ1) is 43.9. The van der Waals surface area contributed by atoms with Gasteiger partial charge in [0.1, 0.15) is 12.7 Å². The van der Waals surface area contributed by atoms with Gasteiger partial charge in [-0.15, -0.1) is 0 Å². The fraction of sp³-hybridized carbons (Fsp3) is 0.921. The molecule has 0 fully saturated rings. The lowest BCUT2D eigenvalue weighted by Gasteiger charge is -2.18. The zero-order valence-corrected chi connectivity index (χ0v) is 30.4. The number of thioether (sulfide) groups is 1. The third kappa shape index (κ3) is 34.1. The van der Waals surface area contributed by atoms with Gasteiger partial charge >= 0.3 is 11.9 Å². The molecule has 0 aliphatic rings. The molecule has 2 N–H and O–H groups in total. The van der Waals surface area contributed by atoms with Crippen molar-refractivity contribution in [1.82, 2.24) is 0 Å². The van der Waals surface area contributed by atoms with E-state index in [4.69, 9.17) is 15.2 Å². The molecule has 0 saturated heterocycles. The average molecular weight is 655 g/mol. The van der Waals surface area contributed by atoms with Crippen LogP contribution in [0.5, 0.6) is 0 Å². The van der Waals surface area contributed by atoms with Gasteiger partial charge in [0, 0.05) is 24.3 Å². The van der Waals surface area contributed by atoms with Crippen LogP contribution in [0.2, 0.25) is 0 Å². The molecule has 45 heavy (non-hydrogen) atoms. The molecule has 0 heterocycles. The summed E-state index contributed by atoms with van der Waals surface area (Å²) in [7, 11) is 0. The van der Waals surface area contributed by atoms with E-state index in [2.05, 4.69) is 13.8 Å². The van der Waals surface area contributed by atoms with Gasteiger partial charge in [-0.25, -0.2) is 0 Å². The summed E-state index contributed by atoms with van der Waals surface area (Å²) in [6.45, 7) is 4.57. The SMILES string of the molecule is CCCCCCCCCCCCCCCC(=O)OC[C@@H](CSC[C@H](N)[C]=O)OC(=O)CCCCCCCCCCCCCCC. The zero-order chi connectivity index (χ0) is 33.1. The topological polar surface area (TPSA) is 95.7 Å². The van der Waals surface area contributed by atoms with Crippen LogP contribution >= 0.6 is 11.8 Å². The predicted octanol–water partition coefficient (Wildman–Crippen LogP) is 10.6. The van der Waals surface area contributed by atoms with Gasteiger partial charge in [0.15, 0.2) is 0 Å². The van der Waals surface area contributed by atoms with Crippen molar-refractivity contribution in [3.8, 4) is 0 Å². The number of carbonyl (C=O) groups excluding carboxylic acids is 3. The number of esters is 2. The summed E-state index contributed by atoms with van der Waals surface area (Å²) in [6, 6.07) is -0.671. The Morgan fingerprint density at radius 3 is 1.29 bits per heavy atom. The molecule has 0 unspecified atom stereocenters. The molecular weight excluding hydrogens is 582 g/mol. The van der Waals surface area contributed by atoms with E-state index in [1.807, 2.05) is 0 Å². The zero-order valence-electron chi connectivity index (χ0n) is 29.6.